The molecule has 1 aliphatic heterocycles. The molecule has 1 aromatic carbocycles. The molecule has 0 radical (unpaired) electrons. The monoisotopic (exact) mass is 376 g/mol. The number of hydrogen-bond acceptors (Lipinski definition) is 4. The summed E-state index contributed by atoms with van der Waals surface area (Å²) in [7, 11) is 0.280. The first-order valence-corrected chi connectivity index (χ1v) is 10.4. The van der Waals surface area contributed by atoms with Crippen molar-refractivity contribution in [2.75, 3.05) is 25.7 Å². The molecular weight excluding hydrogens is 352 g/mol. The van der Waals surface area contributed by atoms with E-state index in [4.69, 9.17) is 4.74 Å². The highest BCUT2D eigenvalue weighted by Crippen LogP contribution is 2.25. The average Bonchev–Trinajstić information content (AvgIpc) is 3.12. The second-order valence-electron chi connectivity index (χ2n) is 6.79. The summed E-state index contributed by atoms with van der Waals surface area (Å²) in [5, 5.41) is 0. The lowest BCUT2D eigenvalue weighted by Gasteiger charge is -2.23. The molecule has 1 amide bonds. The fourth-order valence-electron chi connectivity index (χ4n) is 3.54. The van der Waals surface area contributed by atoms with E-state index in [-0.39, 0.29) is 23.5 Å². The molecule has 1 fully saturated rings. The molecule has 1 aromatic heterocycles. The van der Waals surface area contributed by atoms with Crippen molar-refractivity contribution in [2.45, 2.75) is 26.3 Å². The first-order valence-electron chi connectivity index (χ1n) is 8.54. The zero-order valence-electron chi connectivity index (χ0n) is 15.5. The van der Waals surface area contributed by atoms with Crippen LogP contribution in [0.3, 0.4) is 0 Å². The van der Waals surface area contributed by atoms with Crippen LogP contribution < -0.4 is 4.74 Å². The summed E-state index contributed by atoms with van der Waals surface area (Å²) < 4.78 is 30.6. The van der Waals surface area contributed by atoms with Gasteiger partial charge in [-0.2, -0.15) is 0 Å². The third-order valence-electron chi connectivity index (χ3n) is 5.07. The third kappa shape index (κ3) is 3.35. The van der Waals surface area contributed by atoms with Gasteiger partial charge in [-0.25, -0.2) is 8.42 Å². The zero-order valence-corrected chi connectivity index (χ0v) is 16.3. The number of aromatic nitrogens is 1. The largest absolute Gasteiger partial charge is 0.497 e. The van der Waals surface area contributed by atoms with Gasteiger partial charge >= 0.3 is 0 Å². The van der Waals surface area contributed by atoms with Crippen molar-refractivity contribution < 1.29 is 17.9 Å². The van der Waals surface area contributed by atoms with Crippen molar-refractivity contribution in [3.8, 4) is 11.4 Å². The summed E-state index contributed by atoms with van der Waals surface area (Å²) >= 11 is 0. The van der Waals surface area contributed by atoms with Gasteiger partial charge in [0.15, 0.2) is 9.84 Å². The molecular formula is C19H24N2O4S. The lowest BCUT2D eigenvalue weighted by Crippen LogP contribution is -2.38. The maximum atomic E-state index is 13.0. The minimum atomic E-state index is -3.03. The van der Waals surface area contributed by atoms with Crippen LogP contribution in [0.25, 0.3) is 5.69 Å². The third-order valence-corrected chi connectivity index (χ3v) is 6.82. The van der Waals surface area contributed by atoms with Crippen LogP contribution in [0.15, 0.2) is 30.3 Å². The van der Waals surface area contributed by atoms with E-state index in [2.05, 4.69) is 0 Å². The maximum Gasteiger partial charge on any atom is 0.255 e. The lowest BCUT2D eigenvalue weighted by atomic mass is 10.1. The molecule has 1 atom stereocenters. The molecule has 3 rings (SSSR count). The molecule has 6 nitrogen and oxygen atoms in total. The first kappa shape index (κ1) is 18.5. The van der Waals surface area contributed by atoms with Gasteiger partial charge in [-0.3, -0.25) is 4.79 Å². The molecule has 26 heavy (non-hydrogen) atoms. The van der Waals surface area contributed by atoms with Crippen LogP contribution in [0.5, 0.6) is 5.75 Å². The van der Waals surface area contributed by atoms with Gasteiger partial charge in [0.25, 0.3) is 5.91 Å². The average molecular weight is 376 g/mol. The molecule has 0 saturated carbocycles. The Hall–Kier alpha value is -2.28. The number of methoxy groups -OCH3 is 1. The van der Waals surface area contributed by atoms with Crippen LogP contribution in [0.2, 0.25) is 0 Å². The molecule has 0 bridgehead atoms. The van der Waals surface area contributed by atoms with Crippen molar-refractivity contribution in [3.05, 3.63) is 47.3 Å². The summed E-state index contributed by atoms with van der Waals surface area (Å²) in [6, 6.07) is 9.26. The van der Waals surface area contributed by atoms with E-state index in [9.17, 15) is 13.2 Å². The first-order chi connectivity index (χ1) is 12.2. The topological polar surface area (TPSA) is 68.6 Å². The second kappa shape index (κ2) is 6.79. The molecule has 1 aliphatic rings. The van der Waals surface area contributed by atoms with Gasteiger partial charge in [0.05, 0.1) is 24.2 Å². The molecule has 0 spiro atoms. The standard InChI is InChI=1S/C19H24N2O4S/c1-13-11-18(19(22)20(3)16-9-10-26(23,24)12-16)14(2)21(13)15-5-7-17(25-4)8-6-15/h5-8,11,16H,9-10,12H2,1-4H3/t16-/m0/s1. The van der Waals surface area contributed by atoms with E-state index in [1.807, 2.05) is 48.7 Å². The minimum absolute atomic E-state index is 0.0481. The van der Waals surface area contributed by atoms with E-state index in [0.29, 0.717) is 12.0 Å². The van der Waals surface area contributed by atoms with Gasteiger partial charge in [-0.1, -0.05) is 0 Å². The quantitative estimate of drug-likeness (QED) is 0.821. The van der Waals surface area contributed by atoms with Gasteiger partial charge in [-0.15, -0.1) is 0 Å². The van der Waals surface area contributed by atoms with Crippen LogP contribution in [-0.4, -0.2) is 55.5 Å². The Morgan fingerprint density at radius 2 is 1.88 bits per heavy atom. The highest BCUT2D eigenvalue weighted by atomic mass is 32.2. The Labute approximate surface area is 154 Å². The van der Waals surface area contributed by atoms with Crippen LogP contribution in [0.4, 0.5) is 0 Å². The van der Waals surface area contributed by atoms with Crippen LogP contribution in [0, 0.1) is 13.8 Å². The minimum Gasteiger partial charge on any atom is -0.497 e. The van der Waals surface area contributed by atoms with E-state index >= 15 is 0 Å². The fraction of sp³-hybridized carbons (Fsp3) is 0.421. The number of nitrogens with zero attached hydrogens (tertiary/aromatic N) is 2. The normalized spacial score (nSPS) is 18.7. The van der Waals surface area contributed by atoms with Gasteiger partial charge in [-0.05, 0) is 50.6 Å². The summed E-state index contributed by atoms with van der Waals surface area (Å²) in [6.07, 6.45) is 0.502. The number of hydrogen-bond donors (Lipinski definition) is 0. The Morgan fingerprint density at radius 3 is 2.42 bits per heavy atom. The molecule has 2 aromatic rings. The molecule has 2 heterocycles. The highest BCUT2D eigenvalue weighted by molar-refractivity contribution is 7.91. The van der Waals surface area contributed by atoms with Gasteiger partial charge in [0.1, 0.15) is 5.75 Å². The van der Waals surface area contributed by atoms with E-state index < -0.39 is 9.84 Å². The number of benzene rings is 1. The predicted molar refractivity (Wildman–Crippen MR) is 101 cm³/mol. The summed E-state index contributed by atoms with van der Waals surface area (Å²) in [5.74, 6) is 0.835. The van der Waals surface area contributed by atoms with Crippen LogP contribution in [-0.2, 0) is 9.84 Å². The van der Waals surface area contributed by atoms with Gasteiger partial charge in [0.2, 0.25) is 0 Å². The smallest absolute Gasteiger partial charge is 0.255 e. The summed E-state index contributed by atoms with van der Waals surface area (Å²) in [5.41, 5.74) is 3.34. The van der Waals surface area contributed by atoms with Crippen molar-refractivity contribution in [1.82, 2.24) is 9.47 Å². The van der Waals surface area contributed by atoms with E-state index in [1.165, 1.54) is 0 Å². The lowest BCUT2D eigenvalue weighted by molar-refractivity contribution is 0.0747. The Kier molecular flexibility index (Phi) is 4.84. The van der Waals surface area contributed by atoms with Crippen molar-refractivity contribution >= 4 is 15.7 Å². The molecule has 0 unspecified atom stereocenters. The number of aryl methyl sites for hydroxylation is 1. The molecule has 1 saturated heterocycles. The highest BCUT2D eigenvalue weighted by Gasteiger charge is 2.34. The zero-order chi connectivity index (χ0) is 19.1. The molecule has 140 valence electrons. The maximum absolute atomic E-state index is 13.0. The Morgan fingerprint density at radius 1 is 1.23 bits per heavy atom. The second-order valence-corrected chi connectivity index (χ2v) is 9.02. The molecule has 7 heteroatoms. The number of rotatable bonds is 4. The van der Waals surface area contributed by atoms with E-state index in [1.54, 1.807) is 19.1 Å². The number of amides is 1. The molecule has 0 N–H and O–H groups in total. The van der Waals surface area contributed by atoms with Crippen molar-refractivity contribution in [3.63, 3.8) is 0 Å². The van der Waals surface area contributed by atoms with Crippen molar-refractivity contribution in [2.24, 2.45) is 0 Å². The van der Waals surface area contributed by atoms with Crippen molar-refractivity contribution in [1.29, 1.82) is 0 Å². The fourth-order valence-corrected chi connectivity index (χ4v) is 5.32. The summed E-state index contributed by atoms with van der Waals surface area (Å²) in [6.45, 7) is 3.86. The van der Waals surface area contributed by atoms with Crippen LogP contribution >= 0.6 is 0 Å². The molecule has 0 aliphatic carbocycles. The number of carbonyl (C=O) groups excluding carboxylic acids is 1. The SMILES string of the molecule is COc1ccc(-n2c(C)cc(C(=O)N(C)[C@H]3CCS(=O)(=O)C3)c2C)cc1. The predicted octanol–water partition coefficient (Wildman–Crippen LogP) is 2.36. The van der Waals surface area contributed by atoms with Crippen LogP contribution in [0.1, 0.15) is 28.2 Å². The number of ether oxygens (including phenoxy) is 1. The van der Waals surface area contributed by atoms with Gasteiger partial charge in [0, 0.05) is 30.2 Å². The van der Waals surface area contributed by atoms with E-state index in [0.717, 1.165) is 22.8 Å². The van der Waals surface area contributed by atoms with Gasteiger partial charge < -0.3 is 14.2 Å². The summed E-state index contributed by atoms with van der Waals surface area (Å²) in [4.78, 5) is 14.5. The Bertz CT molecular complexity index is 929. The number of sulfone groups is 1. The Balaban J connectivity index is 1.90. The number of carbonyl (C=O) groups is 1.